The van der Waals surface area contributed by atoms with Gasteiger partial charge in [0.15, 0.2) is 0 Å². The molecule has 2 aromatic rings. The highest BCUT2D eigenvalue weighted by atomic mass is 16.4. The average molecular weight is 461 g/mol. The highest BCUT2D eigenvalue weighted by Gasteiger charge is 2.35. The Labute approximate surface area is 201 Å². The topological polar surface area (TPSA) is 114 Å². The number of carbonyl (C=O) groups excluding carboxylic acids is 2. The highest BCUT2D eigenvalue weighted by molar-refractivity contribution is 6.45. The second kappa shape index (κ2) is 12.2. The lowest BCUT2D eigenvalue weighted by Crippen LogP contribution is -2.51. The summed E-state index contributed by atoms with van der Waals surface area (Å²) in [5.74, 6) is -1.78. The van der Waals surface area contributed by atoms with E-state index in [9.17, 15) is 24.9 Å². The van der Waals surface area contributed by atoms with E-state index in [4.69, 9.17) is 0 Å². The van der Waals surface area contributed by atoms with Gasteiger partial charge in [-0.05, 0) is 56.9 Å². The molecule has 0 unspecified atom stereocenters. The van der Waals surface area contributed by atoms with Gasteiger partial charge in [-0.3, -0.25) is 9.59 Å². The minimum Gasteiger partial charge on any atom is -0.426 e. The molecule has 0 radical (unpaired) electrons. The quantitative estimate of drug-likeness (QED) is 0.301. The van der Waals surface area contributed by atoms with E-state index in [2.05, 4.69) is 5.32 Å². The van der Waals surface area contributed by atoms with Crippen LogP contribution in [0, 0.1) is 11.3 Å². The van der Waals surface area contributed by atoms with Crippen molar-refractivity contribution >= 4 is 30.7 Å². The Balaban J connectivity index is 2.59. The van der Waals surface area contributed by atoms with Gasteiger partial charge in [-0.25, -0.2) is 0 Å². The second-order valence-corrected chi connectivity index (χ2v) is 9.12. The number of anilines is 1. The van der Waals surface area contributed by atoms with Gasteiger partial charge in [0, 0.05) is 12.0 Å². The number of hydrogen-bond acceptors (Lipinski definition) is 5. The monoisotopic (exact) mass is 461 g/mol. The van der Waals surface area contributed by atoms with Crippen molar-refractivity contribution < 1.29 is 19.6 Å². The van der Waals surface area contributed by atoms with Crippen LogP contribution in [0.1, 0.15) is 51.7 Å². The molecule has 0 saturated carbocycles. The number of benzene rings is 2. The molecule has 34 heavy (non-hydrogen) atoms. The summed E-state index contributed by atoms with van der Waals surface area (Å²) in [7, 11) is -1.81. The number of nitrogens with one attached hydrogen (secondary N) is 1. The van der Waals surface area contributed by atoms with Crippen LogP contribution in [0.25, 0.3) is 6.08 Å². The zero-order valence-corrected chi connectivity index (χ0v) is 20.2. The van der Waals surface area contributed by atoms with Crippen molar-refractivity contribution in [1.82, 2.24) is 5.32 Å². The van der Waals surface area contributed by atoms with Crippen LogP contribution in [0.15, 0.2) is 60.2 Å². The maximum Gasteiger partial charge on any atom is 0.476 e. The molecule has 1 atom stereocenters. The molecule has 2 aromatic carbocycles. The molecule has 2 amide bonds. The summed E-state index contributed by atoms with van der Waals surface area (Å²) in [5.41, 5.74) is 1.04. The maximum atomic E-state index is 13.2. The van der Waals surface area contributed by atoms with E-state index in [0.717, 1.165) is 5.56 Å². The minimum absolute atomic E-state index is 0.116. The number of para-hydroxylation sites is 1. The maximum absolute atomic E-state index is 13.2. The molecular formula is C26H32BN3O4. The smallest absolute Gasteiger partial charge is 0.426 e. The number of nitrogens with zero attached hydrogens (tertiary/aromatic N) is 2. The minimum atomic E-state index is -1.81. The molecule has 0 bridgehead atoms. The van der Waals surface area contributed by atoms with E-state index in [1.807, 2.05) is 64.1 Å². The van der Waals surface area contributed by atoms with Crippen LogP contribution in [-0.4, -0.2) is 40.5 Å². The lowest BCUT2D eigenvalue weighted by atomic mass is 9.74. The van der Waals surface area contributed by atoms with Gasteiger partial charge in [-0.1, -0.05) is 55.5 Å². The zero-order chi connectivity index (χ0) is 25.3. The summed E-state index contributed by atoms with van der Waals surface area (Å²) in [5, 5.41) is 33.0. The van der Waals surface area contributed by atoms with Gasteiger partial charge in [-0.15, -0.1) is 0 Å². The van der Waals surface area contributed by atoms with Crippen molar-refractivity contribution in [3.8, 4) is 6.07 Å². The van der Waals surface area contributed by atoms with Gasteiger partial charge in [0.2, 0.25) is 5.91 Å². The first-order chi connectivity index (χ1) is 16.1. The third-order valence-corrected chi connectivity index (χ3v) is 5.05. The fourth-order valence-corrected chi connectivity index (χ4v) is 3.56. The molecule has 0 aliphatic carbocycles. The molecular weight excluding hydrogens is 429 g/mol. The van der Waals surface area contributed by atoms with Crippen molar-refractivity contribution in [2.24, 2.45) is 0 Å². The Morgan fingerprint density at radius 1 is 1.12 bits per heavy atom. The molecule has 0 saturated heterocycles. The number of rotatable bonds is 9. The third kappa shape index (κ3) is 7.58. The van der Waals surface area contributed by atoms with E-state index in [0.29, 0.717) is 17.7 Å². The SMILES string of the molecule is CCCC(=O)N(c1ccccc1C=C(C#N)C(=O)NC(C)(C)C)[C@@H](Cc1ccccc1)B(O)O. The Bertz CT molecular complexity index is 1060. The predicted octanol–water partition coefficient (Wildman–Crippen LogP) is 3.26. The number of amides is 2. The van der Waals surface area contributed by atoms with Gasteiger partial charge in [-0.2, -0.15) is 5.26 Å². The Morgan fingerprint density at radius 2 is 1.74 bits per heavy atom. The molecule has 0 fully saturated rings. The van der Waals surface area contributed by atoms with Crippen molar-refractivity contribution in [3.63, 3.8) is 0 Å². The van der Waals surface area contributed by atoms with Gasteiger partial charge in [0.05, 0.1) is 11.6 Å². The Hall–Kier alpha value is -3.41. The standard InChI is InChI=1S/C26H32BN3O4/c1-5-11-24(31)30(23(27(33)34)16-19-12-7-6-8-13-19)22-15-10-9-14-20(22)17-21(18-28)25(32)29-26(2,3)4/h6-10,12-15,17,23,33-34H,5,11,16H2,1-4H3,(H,29,32)/t23-/m0/s1. The normalized spacial score (nSPS) is 12.4. The van der Waals surface area contributed by atoms with Crippen LogP contribution >= 0.6 is 0 Å². The average Bonchev–Trinajstić information content (AvgIpc) is 2.77. The molecule has 178 valence electrons. The molecule has 0 heterocycles. The summed E-state index contributed by atoms with van der Waals surface area (Å²) in [4.78, 5) is 27.3. The summed E-state index contributed by atoms with van der Waals surface area (Å²) in [6.07, 6.45) is 2.41. The van der Waals surface area contributed by atoms with Crippen molar-refractivity contribution in [2.75, 3.05) is 4.90 Å². The summed E-state index contributed by atoms with van der Waals surface area (Å²) in [6.45, 7) is 7.31. The number of carbonyl (C=O) groups is 2. The van der Waals surface area contributed by atoms with Crippen LogP contribution < -0.4 is 10.2 Å². The van der Waals surface area contributed by atoms with Crippen molar-refractivity contribution in [3.05, 3.63) is 71.3 Å². The van der Waals surface area contributed by atoms with Gasteiger partial charge >= 0.3 is 7.12 Å². The number of hydrogen-bond donors (Lipinski definition) is 3. The molecule has 7 nitrogen and oxygen atoms in total. The van der Waals surface area contributed by atoms with Gasteiger partial charge in [0.25, 0.3) is 5.91 Å². The first-order valence-electron chi connectivity index (χ1n) is 11.3. The van der Waals surface area contributed by atoms with Crippen molar-refractivity contribution in [1.29, 1.82) is 5.26 Å². The molecule has 2 rings (SSSR count). The first kappa shape index (κ1) is 26.8. The van der Waals surface area contributed by atoms with Crippen LogP contribution in [0.4, 0.5) is 5.69 Å². The molecule has 0 aromatic heterocycles. The fourth-order valence-electron chi connectivity index (χ4n) is 3.56. The number of nitriles is 1. The molecule has 8 heteroatoms. The molecule has 0 spiro atoms. The van der Waals surface area contributed by atoms with E-state index < -0.39 is 24.5 Å². The predicted molar refractivity (Wildman–Crippen MR) is 134 cm³/mol. The first-order valence-corrected chi connectivity index (χ1v) is 11.3. The Kier molecular flexibility index (Phi) is 9.61. The van der Waals surface area contributed by atoms with Crippen LogP contribution in [0.2, 0.25) is 0 Å². The summed E-state index contributed by atoms with van der Waals surface area (Å²) >= 11 is 0. The largest absolute Gasteiger partial charge is 0.476 e. The van der Waals surface area contributed by atoms with E-state index >= 15 is 0 Å². The third-order valence-electron chi connectivity index (χ3n) is 5.05. The Morgan fingerprint density at radius 3 is 2.29 bits per heavy atom. The lowest BCUT2D eigenvalue weighted by Gasteiger charge is -2.33. The van der Waals surface area contributed by atoms with Crippen LogP contribution in [0.5, 0.6) is 0 Å². The van der Waals surface area contributed by atoms with Crippen molar-refractivity contribution in [2.45, 2.75) is 58.4 Å². The van der Waals surface area contributed by atoms with Crippen LogP contribution in [0.3, 0.4) is 0 Å². The zero-order valence-electron chi connectivity index (χ0n) is 20.2. The second-order valence-electron chi connectivity index (χ2n) is 9.12. The van der Waals surface area contributed by atoms with Crippen LogP contribution in [-0.2, 0) is 16.0 Å². The highest BCUT2D eigenvalue weighted by Crippen LogP contribution is 2.28. The lowest BCUT2D eigenvalue weighted by molar-refractivity contribution is -0.119. The van der Waals surface area contributed by atoms with E-state index in [1.54, 1.807) is 24.3 Å². The van der Waals surface area contributed by atoms with E-state index in [1.165, 1.54) is 11.0 Å². The molecule has 0 aliphatic rings. The summed E-state index contributed by atoms with van der Waals surface area (Å²) in [6, 6.07) is 18.0. The molecule has 0 aliphatic heterocycles. The molecule has 3 N–H and O–H groups in total. The van der Waals surface area contributed by atoms with E-state index in [-0.39, 0.29) is 24.3 Å². The fraction of sp³-hybridized carbons (Fsp3) is 0.346. The van der Waals surface area contributed by atoms with Gasteiger partial charge < -0.3 is 20.3 Å². The summed E-state index contributed by atoms with van der Waals surface area (Å²) < 4.78 is 0. The van der Waals surface area contributed by atoms with Gasteiger partial charge in [0.1, 0.15) is 11.6 Å².